The van der Waals surface area contributed by atoms with Crippen LogP contribution in [0.2, 0.25) is 0 Å². The van der Waals surface area contributed by atoms with E-state index in [1.807, 2.05) is 50.6 Å². The summed E-state index contributed by atoms with van der Waals surface area (Å²) in [7, 11) is -4.08. The van der Waals surface area contributed by atoms with E-state index in [9.17, 15) is 13.2 Å². The first-order valence-corrected chi connectivity index (χ1v) is 9.43. The summed E-state index contributed by atoms with van der Waals surface area (Å²) in [4.78, 5) is 19.7. The molecule has 0 saturated carbocycles. The number of aromatic nitrogens is 2. The Morgan fingerprint density at radius 1 is 1.04 bits per heavy atom. The van der Waals surface area contributed by atoms with Crippen molar-refractivity contribution in [3.05, 3.63) is 47.9 Å². The SMILES string of the molecule is CC(C)c1cccc(C(C)C)c1NC(=O)NS(=O)(=O)c1cnccn1.[Na]. The smallest absolute Gasteiger partial charge is 0.307 e. The first-order chi connectivity index (χ1) is 11.7. The molecule has 1 radical (unpaired) electrons. The second kappa shape index (κ2) is 9.45. The number of carbonyl (C=O) groups excluding carboxylic acids is 1. The average Bonchev–Trinajstić information content (AvgIpc) is 2.54. The van der Waals surface area contributed by atoms with Crippen LogP contribution in [0.15, 0.2) is 41.8 Å². The number of hydrogen-bond donors (Lipinski definition) is 2. The minimum atomic E-state index is -4.08. The fourth-order valence-corrected chi connectivity index (χ4v) is 3.23. The topological polar surface area (TPSA) is 101 Å². The van der Waals surface area contributed by atoms with Crippen molar-refractivity contribution in [2.24, 2.45) is 0 Å². The number of para-hydroxylation sites is 1. The van der Waals surface area contributed by atoms with Gasteiger partial charge in [0.1, 0.15) is 0 Å². The number of nitrogens with one attached hydrogen (secondary N) is 2. The van der Waals surface area contributed by atoms with E-state index in [4.69, 9.17) is 0 Å². The third kappa shape index (κ3) is 5.51. The number of anilines is 1. The fraction of sp³-hybridized carbons (Fsp3) is 0.353. The molecule has 2 N–H and O–H groups in total. The zero-order valence-corrected chi connectivity index (χ0v) is 18.5. The van der Waals surface area contributed by atoms with E-state index in [-0.39, 0.29) is 46.4 Å². The number of benzene rings is 1. The summed E-state index contributed by atoms with van der Waals surface area (Å²) in [5, 5.41) is 2.38. The number of nitrogens with zero attached hydrogens (tertiary/aromatic N) is 2. The zero-order valence-electron chi connectivity index (χ0n) is 15.6. The van der Waals surface area contributed by atoms with E-state index in [0.29, 0.717) is 5.69 Å². The molecule has 1 aromatic carbocycles. The van der Waals surface area contributed by atoms with E-state index >= 15 is 0 Å². The van der Waals surface area contributed by atoms with Crippen LogP contribution in [0.25, 0.3) is 0 Å². The Hall–Kier alpha value is -1.48. The summed E-state index contributed by atoms with van der Waals surface area (Å²) in [6, 6.07) is 4.94. The molecule has 135 valence electrons. The Bertz CT molecular complexity index is 829. The molecular weight excluding hydrogens is 363 g/mol. The number of urea groups is 1. The Morgan fingerprint density at radius 2 is 1.62 bits per heavy atom. The van der Waals surface area contributed by atoms with E-state index in [0.717, 1.165) is 17.3 Å². The van der Waals surface area contributed by atoms with Gasteiger partial charge in [-0.1, -0.05) is 45.9 Å². The molecule has 0 atom stereocenters. The van der Waals surface area contributed by atoms with Gasteiger partial charge in [-0.25, -0.2) is 14.5 Å². The molecule has 2 aromatic rings. The van der Waals surface area contributed by atoms with Gasteiger partial charge < -0.3 is 5.32 Å². The van der Waals surface area contributed by atoms with E-state index in [1.165, 1.54) is 12.4 Å². The number of sulfonamides is 1. The summed E-state index contributed by atoms with van der Waals surface area (Å²) in [5.74, 6) is 0.344. The molecule has 0 aliphatic carbocycles. The van der Waals surface area contributed by atoms with Crippen molar-refractivity contribution in [3.8, 4) is 0 Å². The molecule has 9 heteroatoms. The van der Waals surface area contributed by atoms with Gasteiger partial charge in [0.15, 0.2) is 5.03 Å². The van der Waals surface area contributed by atoms with Crippen molar-refractivity contribution in [2.75, 3.05) is 5.32 Å². The largest absolute Gasteiger partial charge is 0.333 e. The van der Waals surface area contributed by atoms with Crippen LogP contribution in [-0.4, -0.2) is 54.0 Å². The van der Waals surface area contributed by atoms with Crippen molar-refractivity contribution in [1.82, 2.24) is 14.7 Å². The van der Waals surface area contributed by atoms with Gasteiger partial charge in [-0.3, -0.25) is 4.98 Å². The number of rotatable bonds is 5. The molecule has 0 bridgehead atoms. The molecule has 26 heavy (non-hydrogen) atoms. The van der Waals surface area contributed by atoms with Gasteiger partial charge in [-0.05, 0) is 23.0 Å². The molecule has 1 heterocycles. The Morgan fingerprint density at radius 3 is 2.08 bits per heavy atom. The third-order valence-electron chi connectivity index (χ3n) is 3.65. The first kappa shape index (κ1) is 22.6. The van der Waals surface area contributed by atoms with E-state index in [1.54, 1.807) is 0 Å². The number of carbonyl (C=O) groups is 1. The molecule has 2 amide bonds. The van der Waals surface area contributed by atoms with Crippen LogP contribution in [0.5, 0.6) is 0 Å². The molecular formula is C17H22N4NaO3S. The Balaban J connectivity index is 0.00000338. The normalized spacial score (nSPS) is 11.2. The van der Waals surface area contributed by atoms with Gasteiger partial charge in [0.25, 0.3) is 10.0 Å². The van der Waals surface area contributed by atoms with Crippen LogP contribution >= 0.6 is 0 Å². The predicted octanol–water partition coefficient (Wildman–Crippen LogP) is 2.85. The molecule has 0 aliphatic rings. The van der Waals surface area contributed by atoms with Gasteiger partial charge in [-0.2, -0.15) is 8.42 Å². The van der Waals surface area contributed by atoms with Crippen molar-refractivity contribution >= 4 is 51.3 Å². The Labute approximate surface area is 176 Å². The summed E-state index contributed by atoms with van der Waals surface area (Å²) in [5.41, 5.74) is 2.52. The summed E-state index contributed by atoms with van der Waals surface area (Å²) in [6.45, 7) is 8.05. The minimum absolute atomic E-state index is 0. The van der Waals surface area contributed by atoms with Crippen LogP contribution in [0.3, 0.4) is 0 Å². The molecule has 0 fully saturated rings. The number of amides is 2. The van der Waals surface area contributed by atoms with Gasteiger partial charge in [0.2, 0.25) is 0 Å². The maximum atomic E-state index is 12.3. The van der Waals surface area contributed by atoms with Crippen LogP contribution in [0.1, 0.15) is 50.7 Å². The van der Waals surface area contributed by atoms with E-state index < -0.39 is 16.1 Å². The van der Waals surface area contributed by atoms with Gasteiger partial charge in [0, 0.05) is 47.6 Å². The second-order valence-electron chi connectivity index (χ2n) is 6.22. The van der Waals surface area contributed by atoms with E-state index in [2.05, 4.69) is 15.3 Å². The summed E-state index contributed by atoms with van der Waals surface area (Å²) < 4.78 is 26.4. The zero-order chi connectivity index (χ0) is 18.6. The quantitative estimate of drug-likeness (QED) is 0.771. The Kier molecular flexibility index (Phi) is 8.20. The van der Waals surface area contributed by atoms with Gasteiger partial charge in [-0.15, -0.1) is 0 Å². The molecule has 7 nitrogen and oxygen atoms in total. The first-order valence-electron chi connectivity index (χ1n) is 7.95. The van der Waals surface area contributed by atoms with Crippen molar-refractivity contribution in [2.45, 2.75) is 44.6 Å². The molecule has 0 saturated heterocycles. The van der Waals surface area contributed by atoms with Crippen LogP contribution in [-0.2, 0) is 10.0 Å². The third-order valence-corrected chi connectivity index (χ3v) is 4.87. The molecule has 2 rings (SSSR count). The van der Waals surface area contributed by atoms with Crippen molar-refractivity contribution < 1.29 is 13.2 Å². The number of hydrogen-bond acceptors (Lipinski definition) is 5. The standard InChI is InChI=1S/C17H22N4O3S.Na/c1-11(2)13-6-5-7-14(12(3)4)16(13)20-17(22)21-25(23,24)15-10-18-8-9-19-15;/h5-12H,1-4H3,(H2,20,21,22);. The van der Waals surface area contributed by atoms with Crippen LogP contribution < -0.4 is 10.0 Å². The van der Waals surface area contributed by atoms with Gasteiger partial charge >= 0.3 is 6.03 Å². The predicted molar refractivity (Wildman–Crippen MR) is 102 cm³/mol. The summed E-state index contributed by atoms with van der Waals surface area (Å²) in [6.07, 6.45) is 3.68. The monoisotopic (exact) mass is 385 g/mol. The van der Waals surface area contributed by atoms with Crippen molar-refractivity contribution in [1.29, 1.82) is 0 Å². The van der Waals surface area contributed by atoms with Crippen molar-refractivity contribution in [3.63, 3.8) is 0 Å². The summed E-state index contributed by atoms with van der Waals surface area (Å²) >= 11 is 0. The van der Waals surface area contributed by atoms with Crippen LogP contribution in [0, 0.1) is 0 Å². The average molecular weight is 385 g/mol. The molecule has 1 aromatic heterocycles. The minimum Gasteiger partial charge on any atom is -0.307 e. The van der Waals surface area contributed by atoms with Gasteiger partial charge in [0.05, 0.1) is 6.20 Å². The maximum Gasteiger partial charge on any atom is 0.333 e. The molecule has 0 aliphatic heterocycles. The fourth-order valence-electron chi connectivity index (χ4n) is 2.43. The second-order valence-corrected chi connectivity index (χ2v) is 7.85. The molecule has 0 spiro atoms. The maximum absolute atomic E-state index is 12.3. The van der Waals surface area contributed by atoms with Crippen LogP contribution in [0.4, 0.5) is 10.5 Å². The molecule has 0 unspecified atom stereocenters.